The first kappa shape index (κ1) is 32.9. The highest BCUT2D eigenvalue weighted by Crippen LogP contribution is 2.29. The molecule has 3 amide bonds. The van der Waals surface area contributed by atoms with Crippen LogP contribution in [0.4, 0.5) is 10.5 Å². The van der Waals surface area contributed by atoms with Gasteiger partial charge in [0.25, 0.3) is 5.91 Å². The SMILES string of the molecule is CCCCCCCCN(C(=O)C(C)NC(=O)OC(C)(C)C)C(C(=O)Nc1ccccc1C)c1cccc(C)c1C. The Morgan fingerprint density at radius 2 is 1.50 bits per heavy atom. The van der Waals surface area contributed by atoms with Crippen LogP contribution in [0.2, 0.25) is 0 Å². The van der Waals surface area contributed by atoms with Crippen molar-refractivity contribution in [2.45, 2.75) is 112 Å². The lowest BCUT2D eigenvalue weighted by Gasteiger charge is -2.34. The highest BCUT2D eigenvalue weighted by Gasteiger charge is 2.35. The summed E-state index contributed by atoms with van der Waals surface area (Å²) in [6.45, 7) is 15.5. The Morgan fingerprint density at radius 3 is 2.15 bits per heavy atom. The van der Waals surface area contributed by atoms with Crippen LogP contribution in [0.1, 0.15) is 101 Å². The van der Waals surface area contributed by atoms with Crippen molar-refractivity contribution in [3.05, 3.63) is 64.7 Å². The van der Waals surface area contributed by atoms with Gasteiger partial charge >= 0.3 is 6.09 Å². The molecular weight excluding hydrogens is 502 g/mol. The first-order valence-corrected chi connectivity index (χ1v) is 14.6. The second kappa shape index (κ2) is 15.4. The molecule has 2 rings (SSSR count). The lowest BCUT2D eigenvalue weighted by molar-refractivity contribution is -0.140. The number of amides is 3. The van der Waals surface area contributed by atoms with E-state index in [2.05, 4.69) is 17.6 Å². The molecule has 0 bridgehead atoms. The zero-order chi connectivity index (χ0) is 29.9. The van der Waals surface area contributed by atoms with Gasteiger partial charge in [0.1, 0.15) is 17.7 Å². The molecule has 0 heterocycles. The number of aryl methyl sites for hydroxylation is 2. The van der Waals surface area contributed by atoms with Gasteiger partial charge in [-0.2, -0.15) is 0 Å². The lowest BCUT2D eigenvalue weighted by Crippen LogP contribution is -2.51. The molecule has 2 atom stereocenters. The van der Waals surface area contributed by atoms with Crippen LogP contribution in [0, 0.1) is 20.8 Å². The van der Waals surface area contributed by atoms with Crippen LogP contribution in [0.3, 0.4) is 0 Å². The van der Waals surface area contributed by atoms with Crippen molar-refractivity contribution in [2.75, 3.05) is 11.9 Å². The van der Waals surface area contributed by atoms with Gasteiger partial charge in [-0.05, 0) is 83.2 Å². The first-order chi connectivity index (χ1) is 18.9. The predicted molar refractivity (Wildman–Crippen MR) is 162 cm³/mol. The molecule has 220 valence electrons. The first-order valence-electron chi connectivity index (χ1n) is 14.6. The molecule has 40 heavy (non-hydrogen) atoms. The predicted octanol–water partition coefficient (Wildman–Crippen LogP) is 7.39. The molecule has 0 fully saturated rings. The normalized spacial score (nSPS) is 12.8. The average molecular weight is 552 g/mol. The highest BCUT2D eigenvalue weighted by molar-refractivity contribution is 5.99. The minimum atomic E-state index is -0.881. The Balaban J connectivity index is 2.46. The Hall–Kier alpha value is -3.35. The number of hydrogen-bond donors (Lipinski definition) is 2. The van der Waals surface area contributed by atoms with E-state index in [1.807, 2.05) is 63.2 Å². The summed E-state index contributed by atoms with van der Waals surface area (Å²) < 4.78 is 5.39. The minimum absolute atomic E-state index is 0.285. The summed E-state index contributed by atoms with van der Waals surface area (Å²) in [5, 5.41) is 5.76. The molecule has 2 unspecified atom stereocenters. The molecule has 7 nitrogen and oxygen atoms in total. The molecule has 0 saturated heterocycles. The van der Waals surface area contributed by atoms with Crippen LogP contribution >= 0.6 is 0 Å². The number of rotatable bonds is 13. The third kappa shape index (κ3) is 10.00. The molecule has 2 N–H and O–H groups in total. The monoisotopic (exact) mass is 551 g/mol. The molecule has 0 aromatic heterocycles. The fourth-order valence-electron chi connectivity index (χ4n) is 4.66. The fraction of sp³-hybridized carbons (Fsp3) is 0.545. The number of anilines is 1. The maximum Gasteiger partial charge on any atom is 0.408 e. The van der Waals surface area contributed by atoms with E-state index in [1.165, 1.54) is 6.42 Å². The molecule has 0 aliphatic rings. The van der Waals surface area contributed by atoms with E-state index in [0.29, 0.717) is 12.2 Å². The number of unbranched alkanes of at least 4 members (excludes halogenated alkanes) is 5. The van der Waals surface area contributed by atoms with E-state index >= 15 is 0 Å². The van der Waals surface area contributed by atoms with E-state index in [0.717, 1.165) is 54.4 Å². The van der Waals surface area contributed by atoms with E-state index in [4.69, 9.17) is 4.74 Å². The van der Waals surface area contributed by atoms with E-state index < -0.39 is 23.8 Å². The second-order valence-electron chi connectivity index (χ2n) is 11.7. The van der Waals surface area contributed by atoms with Gasteiger partial charge in [0.05, 0.1) is 0 Å². The van der Waals surface area contributed by atoms with Crippen molar-refractivity contribution < 1.29 is 19.1 Å². The van der Waals surface area contributed by atoms with Crippen molar-refractivity contribution in [2.24, 2.45) is 0 Å². The summed E-state index contributed by atoms with van der Waals surface area (Å²) >= 11 is 0. The van der Waals surface area contributed by atoms with Crippen LogP contribution in [-0.4, -0.2) is 41.0 Å². The van der Waals surface area contributed by atoms with Crippen LogP contribution in [0.5, 0.6) is 0 Å². The molecule has 2 aromatic carbocycles. The highest BCUT2D eigenvalue weighted by atomic mass is 16.6. The van der Waals surface area contributed by atoms with Crippen LogP contribution in [0.25, 0.3) is 0 Å². The number of ether oxygens (including phenoxy) is 1. The van der Waals surface area contributed by atoms with Gasteiger partial charge in [0, 0.05) is 12.2 Å². The fourth-order valence-corrected chi connectivity index (χ4v) is 4.66. The zero-order valence-corrected chi connectivity index (χ0v) is 25.7. The number of nitrogens with zero attached hydrogens (tertiary/aromatic N) is 1. The summed E-state index contributed by atoms with van der Waals surface area (Å²) in [5.74, 6) is -0.614. The largest absolute Gasteiger partial charge is 0.444 e. The Morgan fingerprint density at radius 1 is 0.875 bits per heavy atom. The number of alkyl carbamates (subject to hydrolysis) is 1. The topological polar surface area (TPSA) is 87.7 Å². The Bertz CT molecular complexity index is 1140. The standard InChI is InChI=1S/C33H49N3O4/c1-9-10-11-12-13-16-22-36(31(38)26(5)34-32(39)40-33(6,7)8)29(27-20-17-19-23(2)25(27)4)30(37)35-28-21-15-14-18-24(28)3/h14-15,17-21,26,29H,9-13,16,22H2,1-8H3,(H,34,39)(H,35,37). The van der Waals surface area contributed by atoms with Crippen molar-refractivity contribution in [1.29, 1.82) is 0 Å². The summed E-state index contributed by atoms with van der Waals surface area (Å²) in [5.41, 5.74) is 3.72. The second-order valence-corrected chi connectivity index (χ2v) is 11.7. The van der Waals surface area contributed by atoms with Crippen molar-refractivity contribution in [1.82, 2.24) is 10.2 Å². The number of benzene rings is 2. The van der Waals surface area contributed by atoms with Gasteiger partial charge in [-0.1, -0.05) is 75.4 Å². The van der Waals surface area contributed by atoms with Crippen LogP contribution in [0.15, 0.2) is 42.5 Å². The number of carbonyl (C=O) groups is 3. The number of hydrogen-bond acceptors (Lipinski definition) is 4. The Kier molecular flexibility index (Phi) is 12.7. The average Bonchev–Trinajstić information content (AvgIpc) is 2.87. The summed E-state index contributed by atoms with van der Waals surface area (Å²) in [6, 6.07) is 11.7. The van der Waals surface area contributed by atoms with Gasteiger partial charge in [-0.3, -0.25) is 9.59 Å². The van der Waals surface area contributed by atoms with Crippen LogP contribution in [-0.2, 0) is 14.3 Å². The molecular formula is C33H49N3O4. The summed E-state index contributed by atoms with van der Waals surface area (Å²) in [4.78, 5) is 42.2. The van der Waals surface area contributed by atoms with E-state index in [9.17, 15) is 14.4 Å². The number of nitrogens with one attached hydrogen (secondary N) is 2. The quantitative estimate of drug-likeness (QED) is 0.254. The third-order valence-electron chi connectivity index (χ3n) is 7.04. The number of para-hydroxylation sites is 1. The van der Waals surface area contributed by atoms with Gasteiger partial charge in [0.15, 0.2) is 0 Å². The molecule has 0 spiro atoms. The minimum Gasteiger partial charge on any atom is -0.444 e. The maximum absolute atomic E-state index is 14.1. The van der Waals surface area contributed by atoms with Crippen LogP contribution < -0.4 is 10.6 Å². The van der Waals surface area contributed by atoms with E-state index in [-0.39, 0.29) is 11.8 Å². The smallest absolute Gasteiger partial charge is 0.408 e. The molecule has 2 aromatic rings. The molecule has 0 saturated carbocycles. The summed E-state index contributed by atoms with van der Waals surface area (Å²) in [7, 11) is 0. The molecule has 7 heteroatoms. The number of carbonyl (C=O) groups excluding carboxylic acids is 3. The summed E-state index contributed by atoms with van der Waals surface area (Å²) in [6.07, 6.45) is 5.61. The van der Waals surface area contributed by atoms with Crippen molar-refractivity contribution in [3.63, 3.8) is 0 Å². The van der Waals surface area contributed by atoms with Gasteiger partial charge in [-0.25, -0.2) is 4.79 Å². The van der Waals surface area contributed by atoms with Gasteiger partial charge < -0.3 is 20.3 Å². The maximum atomic E-state index is 14.1. The molecule has 0 radical (unpaired) electrons. The van der Waals surface area contributed by atoms with Gasteiger partial charge in [-0.15, -0.1) is 0 Å². The van der Waals surface area contributed by atoms with Gasteiger partial charge in [0.2, 0.25) is 5.91 Å². The molecule has 0 aliphatic heterocycles. The van der Waals surface area contributed by atoms with E-state index in [1.54, 1.807) is 32.6 Å². The third-order valence-corrected chi connectivity index (χ3v) is 7.04. The van der Waals surface area contributed by atoms with Crippen molar-refractivity contribution in [3.8, 4) is 0 Å². The zero-order valence-electron chi connectivity index (χ0n) is 25.7. The molecule has 0 aliphatic carbocycles. The lowest BCUT2D eigenvalue weighted by atomic mass is 9.94. The van der Waals surface area contributed by atoms with Crippen molar-refractivity contribution >= 4 is 23.6 Å². The Labute approximate surface area is 241 Å².